The Bertz CT molecular complexity index is 1110. The van der Waals surface area contributed by atoms with Gasteiger partial charge in [-0.25, -0.2) is 13.2 Å². The maximum Gasteiger partial charge on any atom is 0.315 e. The number of nitrogens with zero attached hydrogens (tertiary/aromatic N) is 1. The molecule has 3 rings (SSSR count). The van der Waals surface area contributed by atoms with Gasteiger partial charge >= 0.3 is 6.03 Å². The number of rotatable bonds is 8. The highest BCUT2D eigenvalue weighted by atomic mass is 32.2. The van der Waals surface area contributed by atoms with Gasteiger partial charge in [0.05, 0.1) is 10.6 Å². The SMILES string of the molecule is CN(C)c1cccc2c(S(=O)(=O)CCCNC(=O)NCc3ccccc3)cccc12. The first-order chi connectivity index (χ1) is 14.4. The summed E-state index contributed by atoms with van der Waals surface area (Å²) in [6, 6.07) is 20.3. The number of carbonyl (C=O) groups is 1. The van der Waals surface area contributed by atoms with E-state index in [1.165, 1.54) is 0 Å². The summed E-state index contributed by atoms with van der Waals surface area (Å²) in [5.74, 6) is -0.0305. The molecule has 0 saturated carbocycles. The first-order valence-electron chi connectivity index (χ1n) is 9.86. The highest BCUT2D eigenvalue weighted by molar-refractivity contribution is 7.91. The van der Waals surface area contributed by atoms with E-state index < -0.39 is 9.84 Å². The van der Waals surface area contributed by atoms with E-state index in [1.807, 2.05) is 73.6 Å². The van der Waals surface area contributed by atoms with E-state index in [2.05, 4.69) is 10.6 Å². The van der Waals surface area contributed by atoms with Gasteiger partial charge in [0.2, 0.25) is 0 Å². The summed E-state index contributed by atoms with van der Waals surface area (Å²) < 4.78 is 25.9. The van der Waals surface area contributed by atoms with E-state index in [9.17, 15) is 13.2 Å². The zero-order valence-electron chi connectivity index (χ0n) is 17.3. The van der Waals surface area contributed by atoms with E-state index in [0.717, 1.165) is 22.0 Å². The van der Waals surface area contributed by atoms with Crippen molar-refractivity contribution in [3.63, 3.8) is 0 Å². The maximum atomic E-state index is 12.9. The number of amides is 2. The molecule has 0 aliphatic heterocycles. The zero-order valence-corrected chi connectivity index (χ0v) is 18.1. The lowest BCUT2D eigenvalue weighted by Crippen LogP contribution is -2.36. The smallest absolute Gasteiger partial charge is 0.315 e. The molecule has 0 bridgehead atoms. The Kier molecular flexibility index (Phi) is 6.95. The molecule has 0 fully saturated rings. The van der Waals surface area contributed by atoms with Crippen molar-refractivity contribution in [2.45, 2.75) is 17.9 Å². The van der Waals surface area contributed by atoms with Crippen molar-refractivity contribution in [2.24, 2.45) is 0 Å². The molecule has 0 heterocycles. The van der Waals surface area contributed by atoms with Crippen LogP contribution in [0.15, 0.2) is 71.6 Å². The molecule has 2 amide bonds. The molecule has 0 unspecified atom stereocenters. The van der Waals surface area contributed by atoms with Gasteiger partial charge in [-0.1, -0.05) is 54.6 Å². The standard InChI is InChI=1S/C23H27N3O3S/c1-26(2)21-13-6-12-20-19(21)11-7-14-22(20)30(28,29)16-8-15-24-23(27)25-17-18-9-4-3-5-10-18/h3-7,9-14H,8,15-17H2,1-2H3,(H2,24,25,27). The van der Waals surface area contributed by atoms with E-state index in [-0.39, 0.29) is 18.3 Å². The van der Waals surface area contributed by atoms with Gasteiger partial charge in [0, 0.05) is 43.6 Å². The van der Waals surface area contributed by atoms with Crippen LogP contribution >= 0.6 is 0 Å². The van der Waals surface area contributed by atoms with E-state index >= 15 is 0 Å². The van der Waals surface area contributed by atoms with Crippen LogP contribution < -0.4 is 15.5 Å². The topological polar surface area (TPSA) is 78.5 Å². The minimum absolute atomic E-state index is 0.0305. The second kappa shape index (κ2) is 9.63. The fourth-order valence-corrected chi connectivity index (χ4v) is 4.88. The van der Waals surface area contributed by atoms with Gasteiger partial charge in [-0.2, -0.15) is 0 Å². The summed E-state index contributed by atoms with van der Waals surface area (Å²) in [7, 11) is 0.397. The normalized spacial score (nSPS) is 11.3. The molecule has 0 aromatic heterocycles. The van der Waals surface area contributed by atoms with E-state index in [1.54, 1.807) is 12.1 Å². The van der Waals surface area contributed by atoms with Crippen LogP contribution in [0.3, 0.4) is 0 Å². The molecule has 30 heavy (non-hydrogen) atoms. The van der Waals surface area contributed by atoms with Crippen molar-refractivity contribution in [1.82, 2.24) is 10.6 Å². The van der Waals surface area contributed by atoms with Gasteiger partial charge in [0.1, 0.15) is 0 Å². The fraction of sp³-hybridized carbons (Fsp3) is 0.261. The number of nitrogens with one attached hydrogen (secondary N) is 2. The molecule has 0 spiro atoms. The number of urea groups is 1. The molecule has 3 aromatic carbocycles. The summed E-state index contributed by atoms with van der Waals surface area (Å²) in [6.45, 7) is 0.711. The van der Waals surface area contributed by atoms with Gasteiger partial charge in [0.15, 0.2) is 9.84 Å². The van der Waals surface area contributed by atoms with Crippen molar-refractivity contribution in [1.29, 1.82) is 0 Å². The van der Waals surface area contributed by atoms with Crippen molar-refractivity contribution < 1.29 is 13.2 Å². The number of hydrogen-bond donors (Lipinski definition) is 2. The number of hydrogen-bond acceptors (Lipinski definition) is 4. The third-order valence-electron chi connectivity index (χ3n) is 4.85. The van der Waals surface area contributed by atoms with Crippen molar-refractivity contribution in [3.8, 4) is 0 Å². The molecular formula is C23H27N3O3S. The van der Waals surface area contributed by atoms with Crippen LogP contribution in [0.2, 0.25) is 0 Å². The van der Waals surface area contributed by atoms with Gasteiger partial charge < -0.3 is 15.5 Å². The maximum absolute atomic E-state index is 12.9. The molecule has 0 atom stereocenters. The van der Waals surface area contributed by atoms with Crippen molar-refractivity contribution in [3.05, 3.63) is 72.3 Å². The minimum atomic E-state index is -3.47. The Morgan fingerprint density at radius 1 is 0.867 bits per heavy atom. The average molecular weight is 426 g/mol. The highest BCUT2D eigenvalue weighted by Gasteiger charge is 2.18. The fourth-order valence-electron chi connectivity index (χ4n) is 3.34. The van der Waals surface area contributed by atoms with Crippen LogP contribution in [0, 0.1) is 0 Å². The van der Waals surface area contributed by atoms with Crippen LogP contribution in [0.5, 0.6) is 0 Å². The minimum Gasteiger partial charge on any atom is -0.377 e. The molecule has 7 heteroatoms. The number of fused-ring (bicyclic) bond motifs is 1. The largest absolute Gasteiger partial charge is 0.377 e. The van der Waals surface area contributed by atoms with Crippen LogP contribution in [0.1, 0.15) is 12.0 Å². The molecule has 158 valence electrons. The van der Waals surface area contributed by atoms with Crippen molar-refractivity contribution in [2.75, 3.05) is 31.3 Å². The summed E-state index contributed by atoms with van der Waals surface area (Å²) in [5, 5.41) is 7.11. The van der Waals surface area contributed by atoms with Crippen LogP contribution in [-0.4, -0.2) is 40.8 Å². The molecular weight excluding hydrogens is 398 g/mol. The number of anilines is 1. The third-order valence-corrected chi connectivity index (χ3v) is 6.70. The quantitative estimate of drug-likeness (QED) is 0.541. The van der Waals surface area contributed by atoms with Crippen LogP contribution in [0.4, 0.5) is 10.5 Å². The van der Waals surface area contributed by atoms with Gasteiger partial charge in [-0.15, -0.1) is 0 Å². The lowest BCUT2D eigenvalue weighted by Gasteiger charge is -2.17. The monoisotopic (exact) mass is 425 g/mol. The highest BCUT2D eigenvalue weighted by Crippen LogP contribution is 2.30. The predicted molar refractivity (Wildman–Crippen MR) is 122 cm³/mol. The van der Waals surface area contributed by atoms with Crippen molar-refractivity contribution >= 4 is 32.3 Å². The number of benzene rings is 3. The lowest BCUT2D eigenvalue weighted by atomic mass is 10.1. The molecule has 0 aliphatic rings. The first-order valence-corrected chi connectivity index (χ1v) is 11.5. The summed E-state index contributed by atoms with van der Waals surface area (Å²) >= 11 is 0. The summed E-state index contributed by atoms with van der Waals surface area (Å²) in [5.41, 5.74) is 1.98. The summed E-state index contributed by atoms with van der Waals surface area (Å²) in [4.78, 5) is 14.2. The van der Waals surface area contributed by atoms with Gasteiger partial charge in [-0.3, -0.25) is 0 Å². The molecule has 0 aliphatic carbocycles. The Morgan fingerprint density at radius 3 is 2.30 bits per heavy atom. The molecule has 6 nitrogen and oxygen atoms in total. The van der Waals surface area contributed by atoms with Gasteiger partial charge in [-0.05, 0) is 24.1 Å². The molecule has 2 N–H and O–H groups in total. The van der Waals surface area contributed by atoms with Crippen LogP contribution in [-0.2, 0) is 16.4 Å². The molecule has 0 radical (unpaired) electrons. The Morgan fingerprint density at radius 2 is 1.57 bits per heavy atom. The summed E-state index contributed by atoms with van der Waals surface area (Å²) in [6.07, 6.45) is 0.338. The first kappa shape index (κ1) is 21.6. The predicted octanol–water partition coefficient (Wildman–Crippen LogP) is 3.57. The van der Waals surface area contributed by atoms with E-state index in [4.69, 9.17) is 0 Å². The van der Waals surface area contributed by atoms with Gasteiger partial charge in [0.25, 0.3) is 0 Å². The van der Waals surface area contributed by atoms with Crippen LogP contribution in [0.25, 0.3) is 10.8 Å². The molecule has 3 aromatic rings. The zero-order chi connectivity index (χ0) is 21.6. The Balaban J connectivity index is 1.58. The third kappa shape index (κ3) is 5.30. The Labute approximate surface area is 177 Å². The number of carbonyl (C=O) groups excluding carboxylic acids is 1. The van der Waals surface area contributed by atoms with E-state index in [0.29, 0.717) is 17.9 Å². The second-order valence-electron chi connectivity index (χ2n) is 7.29. The lowest BCUT2D eigenvalue weighted by molar-refractivity contribution is 0.240. The molecule has 0 saturated heterocycles. The average Bonchev–Trinajstić information content (AvgIpc) is 2.75. The second-order valence-corrected chi connectivity index (χ2v) is 9.37. The Hall–Kier alpha value is -3.06. The number of sulfone groups is 1.